The third-order valence-corrected chi connectivity index (χ3v) is 5.22. The van der Waals surface area contributed by atoms with E-state index in [4.69, 9.17) is 9.47 Å². The lowest BCUT2D eigenvalue weighted by Crippen LogP contribution is -2.40. The number of hydrogen-bond acceptors (Lipinski definition) is 3. The highest BCUT2D eigenvalue weighted by Crippen LogP contribution is 2.22. The summed E-state index contributed by atoms with van der Waals surface area (Å²) in [5.41, 5.74) is 0. The Labute approximate surface area is 129 Å². The molecule has 2 aliphatic heterocycles. The van der Waals surface area contributed by atoms with Crippen molar-refractivity contribution in [1.29, 1.82) is 0 Å². The van der Waals surface area contributed by atoms with Gasteiger partial charge in [0.1, 0.15) is 0 Å². The first-order valence-corrected chi connectivity index (χ1v) is 9.01. The Balaban J connectivity index is 1.30. The number of nitrogens with zero attached hydrogens (tertiary/aromatic N) is 1. The van der Waals surface area contributed by atoms with Crippen LogP contribution in [-0.4, -0.2) is 50.0 Å². The van der Waals surface area contributed by atoms with Gasteiger partial charge in [-0.1, -0.05) is 12.2 Å². The van der Waals surface area contributed by atoms with Gasteiger partial charge in [-0.3, -0.25) is 0 Å². The molecule has 0 saturated carbocycles. The number of hydrogen-bond donors (Lipinski definition) is 0. The van der Waals surface area contributed by atoms with Crippen LogP contribution in [0.15, 0.2) is 12.2 Å². The smallest absolute Gasteiger partial charge is 0.0808 e. The Morgan fingerprint density at radius 1 is 1.05 bits per heavy atom. The second-order valence-electron chi connectivity index (χ2n) is 6.97. The molecule has 2 fully saturated rings. The Bertz CT molecular complexity index is 317. The Morgan fingerprint density at radius 2 is 1.95 bits per heavy atom. The molecule has 3 heteroatoms. The van der Waals surface area contributed by atoms with Crippen LogP contribution >= 0.6 is 0 Å². The lowest BCUT2D eigenvalue weighted by molar-refractivity contribution is -0.0755. The Hall–Kier alpha value is -0.380. The van der Waals surface area contributed by atoms with Crippen LogP contribution in [0, 0.1) is 5.92 Å². The molecule has 2 atom stereocenters. The van der Waals surface area contributed by atoms with Crippen LogP contribution in [0.2, 0.25) is 0 Å². The summed E-state index contributed by atoms with van der Waals surface area (Å²) in [5.74, 6) is 0.892. The van der Waals surface area contributed by atoms with Crippen molar-refractivity contribution in [2.45, 2.75) is 63.6 Å². The van der Waals surface area contributed by atoms with E-state index in [1.807, 2.05) is 0 Å². The minimum Gasteiger partial charge on any atom is -0.376 e. The summed E-state index contributed by atoms with van der Waals surface area (Å²) in [4.78, 5) is 2.65. The molecule has 0 aromatic heterocycles. The van der Waals surface area contributed by atoms with Crippen molar-refractivity contribution < 1.29 is 9.47 Å². The number of allylic oxidation sites excluding steroid dienone is 2. The van der Waals surface area contributed by atoms with E-state index in [0.717, 1.165) is 19.1 Å². The highest BCUT2D eigenvalue weighted by molar-refractivity contribution is 4.91. The summed E-state index contributed by atoms with van der Waals surface area (Å²) in [6, 6.07) is 0. The average Bonchev–Trinajstić information content (AvgIpc) is 2.56. The van der Waals surface area contributed by atoms with Crippen LogP contribution in [-0.2, 0) is 9.47 Å². The maximum absolute atomic E-state index is 6.10. The summed E-state index contributed by atoms with van der Waals surface area (Å²) in [7, 11) is 0. The average molecular weight is 293 g/mol. The minimum absolute atomic E-state index is 0.366. The summed E-state index contributed by atoms with van der Waals surface area (Å²) >= 11 is 0. The van der Waals surface area contributed by atoms with Crippen LogP contribution < -0.4 is 0 Å². The molecule has 0 amide bonds. The lowest BCUT2D eigenvalue weighted by Gasteiger charge is -2.35. The van der Waals surface area contributed by atoms with Gasteiger partial charge >= 0.3 is 0 Å². The third kappa shape index (κ3) is 5.08. The molecule has 3 aliphatic rings. The van der Waals surface area contributed by atoms with Gasteiger partial charge in [0.05, 0.1) is 18.8 Å². The van der Waals surface area contributed by atoms with Crippen molar-refractivity contribution >= 4 is 0 Å². The van der Waals surface area contributed by atoms with E-state index in [-0.39, 0.29) is 0 Å². The molecular formula is C18H31NO2. The number of ether oxygens (including phenoxy) is 2. The second-order valence-corrected chi connectivity index (χ2v) is 6.97. The molecule has 2 heterocycles. The SMILES string of the molecule is C1=CC[C@@H](CN2CCC(OC[C@@H]3CCCCO3)CC2)CC1. The van der Waals surface area contributed by atoms with E-state index in [0.29, 0.717) is 12.2 Å². The van der Waals surface area contributed by atoms with Gasteiger partial charge in [-0.2, -0.15) is 0 Å². The molecule has 0 N–H and O–H groups in total. The lowest BCUT2D eigenvalue weighted by atomic mass is 9.93. The quantitative estimate of drug-likeness (QED) is 0.725. The van der Waals surface area contributed by atoms with Crippen LogP contribution in [0.25, 0.3) is 0 Å². The fourth-order valence-corrected chi connectivity index (χ4v) is 3.83. The Kier molecular flexibility index (Phi) is 6.13. The van der Waals surface area contributed by atoms with Crippen LogP contribution in [0.3, 0.4) is 0 Å². The van der Waals surface area contributed by atoms with Crippen LogP contribution in [0.5, 0.6) is 0 Å². The molecule has 3 rings (SSSR count). The van der Waals surface area contributed by atoms with E-state index in [1.165, 1.54) is 71.0 Å². The van der Waals surface area contributed by atoms with Crippen molar-refractivity contribution in [3.05, 3.63) is 12.2 Å². The van der Waals surface area contributed by atoms with Crippen molar-refractivity contribution in [3.8, 4) is 0 Å². The molecule has 0 radical (unpaired) electrons. The van der Waals surface area contributed by atoms with Gasteiger partial charge in [0.15, 0.2) is 0 Å². The van der Waals surface area contributed by atoms with Crippen molar-refractivity contribution in [2.75, 3.05) is 32.8 Å². The van der Waals surface area contributed by atoms with Gasteiger partial charge < -0.3 is 14.4 Å². The number of rotatable bonds is 5. The van der Waals surface area contributed by atoms with Gasteiger partial charge in [-0.25, -0.2) is 0 Å². The van der Waals surface area contributed by atoms with Crippen LogP contribution in [0.1, 0.15) is 51.4 Å². The van der Waals surface area contributed by atoms with E-state index in [1.54, 1.807) is 0 Å². The molecule has 2 saturated heterocycles. The molecule has 0 unspecified atom stereocenters. The summed E-state index contributed by atoms with van der Waals surface area (Å²) in [5, 5.41) is 0. The number of likely N-dealkylation sites (tertiary alicyclic amines) is 1. The molecule has 120 valence electrons. The zero-order valence-corrected chi connectivity index (χ0v) is 13.3. The molecule has 3 nitrogen and oxygen atoms in total. The monoisotopic (exact) mass is 293 g/mol. The summed E-state index contributed by atoms with van der Waals surface area (Å²) in [6.45, 7) is 5.48. The molecule has 0 spiro atoms. The standard InChI is InChI=1S/C18H31NO2/c1-2-6-16(7-3-1)14-19-11-9-17(10-12-19)21-15-18-8-4-5-13-20-18/h1-2,16-18H,3-15H2/t16-,18+/m1/s1. The van der Waals surface area contributed by atoms with Gasteiger partial charge in [-0.15, -0.1) is 0 Å². The maximum Gasteiger partial charge on any atom is 0.0808 e. The van der Waals surface area contributed by atoms with Crippen molar-refractivity contribution in [2.24, 2.45) is 5.92 Å². The summed E-state index contributed by atoms with van der Waals surface area (Å²) in [6.07, 6.45) is 15.6. The normalized spacial score (nSPS) is 32.4. The highest BCUT2D eigenvalue weighted by atomic mass is 16.5. The molecular weight excluding hydrogens is 262 g/mol. The van der Waals surface area contributed by atoms with E-state index >= 15 is 0 Å². The van der Waals surface area contributed by atoms with Gasteiger partial charge in [0.2, 0.25) is 0 Å². The first kappa shape index (κ1) is 15.5. The topological polar surface area (TPSA) is 21.7 Å². The molecule has 0 aromatic rings. The van der Waals surface area contributed by atoms with Gasteiger partial charge in [-0.05, 0) is 57.3 Å². The zero-order chi connectivity index (χ0) is 14.3. The van der Waals surface area contributed by atoms with Crippen molar-refractivity contribution in [3.63, 3.8) is 0 Å². The highest BCUT2D eigenvalue weighted by Gasteiger charge is 2.23. The molecule has 1 aliphatic carbocycles. The van der Waals surface area contributed by atoms with Gasteiger partial charge in [0, 0.05) is 26.2 Å². The molecule has 0 aromatic carbocycles. The third-order valence-electron chi connectivity index (χ3n) is 5.22. The fourth-order valence-electron chi connectivity index (χ4n) is 3.83. The van der Waals surface area contributed by atoms with E-state index < -0.39 is 0 Å². The van der Waals surface area contributed by atoms with Crippen LogP contribution in [0.4, 0.5) is 0 Å². The largest absolute Gasteiger partial charge is 0.376 e. The number of piperidine rings is 1. The minimum atomic E-state index is 0.366. The maximum atomic E-state index is 6.10. The van der Waals surface area contributed by atoms with E-state index in [2.05, 4.69) is 17.1 Å². The molecule has 21 heavy (non-hydrogen) atoms. The zero-order valence-electron chi connectivity index (χ0n) is 13.3. The second kappa shape index (κ2) is 8.30. The first-order chi connectivity index (χ1) is 10.4. The Morgan fingerprint density at radius 3 is 2.67 bits per heavy atom. The fraction of sp³-hybridized carbons (Fsp3) is 0.889. The van der Waals surface area contributed by atoms with Crippen molar-refractivity contribution in [1.82, 2.24) is 4.90 Å². The van der Waals surface area contributed by atoms with Gasteiger partial charge in [0.25, 0.3) is 0 Å². The molecule has 0 bridgehead atoms. The first-order valence-electron chi connectivity index (χ1n) is 9.01. The predicted octanol–water partition coefficient (Wildman–Crippen LogP) is 3.39. The van der Waals surface area contributed by atoms with E-state index in [9.17, 15) is 0 Å². The summed E-state index contributed by atoms with van der Waals surface area (Å²) < 4.78 is 11.8. The predicted molar refractivity (Wildman–Crippen MR) is 85.5 cm³/mol.